The van der Waals surface area contributed by atoms with E-state index in [0.29, 0.717) is 36.3 Å². The molecule has 2 amide bonds. The van der Waals surface area contributed by atoms with Crippen molar-refractivity contribution in [2.24, 2.45) is 0 Å². The highest BCUT2D eigenvalue weighted by Crippen LogP contribution is 2.32. The molecule has 0 bridgehead atoms. The molecule has 0 radical (unpaired) electrons. The van der Waals surface area contributed by atoms with Gasteiger partial charge in [-0.1, -0.05) is 50.7 Å². The first-order chi connectivity index (χ1) is 18.2. The van der Waals surface area contributed by atoms with E-state index in [0.717, 1.165) is 50.2 Å². The molecule has 0 spiro atoms. The van der Waals surface area contributed by atoms with E-state index in [9.17, 15) is 9.59 Å². The third-order valence-corrected chi connectivity index (χ3v) is 8.54. The number of benzene rings is 2. The minimum atomic E-state index is 0.0371. The number of hydrogen-bond donors (Lipinski definition) is 0. The Hall–Kier alpha value is -3.02. The monoisotopic (exact) mass is 503 g/mol. The van der Waals surface area contributed by atoms with E-state index in [-0.39, 0.29) is 11.8 Å². The van der Waals surface area contributed by atoms with Crippen LogP contribution in [0.2, 0.25) is 0 Å². The number of hydrogen-bond acceptors (Lipinski definition) is 4. The van der Waals surface area contributed by atoms with Crippen molar-refractivity contribution < 1.29 is 14.3 Å². The van der Waals surface area contributed by atoms with Crippen LogP contribution in [0.25, 0.3) is 0 Å². The Balaban J connectivity index is 1.24. The highest BCUT2D eigenvalue weighted by atomic mass is 16.5. The molecule has 2 aliphatic carbocycles. The van der Waals surface area contributed by atoms with Crippen molar-refractivity contribution in [1.82, 2.24) is 9.80 Å². The molecule has 2 aromatic rings. The van der Waals surface area contributed by atoms with Gasteiger partial charge in [-0.2, -0.15) is 0 Å². The molecule has 6 heteroatoms. The summed E-state index contributed by atoms with van der Waals surface area (Å²) in [6.45, 7) is 2.85. The van der Waals surface area contributed by atoms with Crippen molar-refractivity contribution in [2.75, 3.05) is 38.2 Å². The van der Waals surface area contributed by atoms with Crippen molar-refractivity contribution in [2.45, 2.75) is 76.3 Å². The number of para-hydroxylation sites is 2. The smallest absolute Gasteiger partial charge is 0.254 e. The minimum absolute atomic E-state index is 0.0371. The zero-order chi connectivity index (χ0) is 25.6. The van der Waals surface area contributed by atoms with Crippen molar-refractivity contribution in [3.63, 3.8) is 0 Å². The fourth-order valence-electron chi connectivity index (χ4n) is 6.48. The van der Waals surface area contributed by atoms with Gasteiger partial charge >= 0.3 is 0 Å². The largest absolute Gasteiger partial charge is 0.495 e. The molecule has 198 valence electrons. The summed E-state index contributed by atoms with van der Waals surface area (Å²) in [4.78, 5) is 33.5. The first-order valence-electron chi connectivity index (χ1n) is 14.3. The molecular formula is C31H41N3O3. The average Bonchev–Trinajstić information content (AvgIpc) is 2.98. The average molecular weight is 504 g/mol. The summed E-state index contributed by atoms with van der Waals surface area (Å²) < 4.78 is 5.51. The van der Waals surface area contributed by atoms with Crippen LogP contribution in [0.3, 0.4) is 0 Å². The maximum absolute atomic E-state index is 13.8. The van der Waals surface area contributed by atoms with E-state index in [2.05, 4.69) is 15.9 Å². The topological polar surface area (TPSA) is 53.1 Å². The molecule has 0 N–H and O–H groups in total. The van der Waals surface area contributed by atoms with Gasteiger partial charge in [0.05, 0.1) is 12.8 Å². The van der Waals surface area contributed by atoms with Crippen LogP contribution >= 0.6 is 0 Å². The molecule has 0 unspecified atom stereocenters. The summed E-state index contributed by atoms with van der Waals surface area (Å²) >= 11 is 0. The molecule has 2 saturated carbocycles. The molecule has 1 saturated heterocycles. The van der Waals surface area contributed by atoms with E-state index >= 15 is 0 Å². The summed E-state index contributed by atoms with van der Waals surface area (Å²) in [5, 5.41) is 0. The summed E-state index contributed by atoms with van der Waals surface area (Å²) in [6, 6.07) is 16.2. The molecule has 1 aliphatic heterocycles. The second kappa shape index (κ2) is 12.0. The molecular weight excluding hydrogens is 462 g/mol. The Morgan fingerprint density at radius 2 is 1.27 bits per heavy atom. The molecule has 6 nitrogen and oxygen atoms in total. The normalized spacial score (nSPS) is 19.5. The predicted molar refractivity (Wildman–Crippen MR) is 147 cm³/mol. The lowest BCUT2D eigenvalue weighted by molar-refractivity contribution is 0.0448. The third kappa shape index (κ3) is 5.78. The molecule has 3 aliphatic rings. The Kier molecular flexibility index (Phi) is 8.32. The van der Waals surface area contributed by atoms with Crippen molar-refractivity contribution in [1.29, 1.82) is 0 Å². The van der Waals surface area contributed by atoms with Crippen LogP contribution in [0.4, 0.5) is 5.69 Å². The molecule has 1 heterocycles. The summed E-state index contributed by atoms with van der Waals surface area (Å²) in [5.41, 5.74) is 2.44. The van der Waals surface area contributed by atoms with Gasteiger partial charge in [0.1, 0.15) is 5.75 Å². The van der Waals surface area contributed by atoms with E-state index in [1.54, 1.807) is 7.11 Å². The van der Waals surface area contributed by atoms with Crippen molar-refractivity contribution in [3.8, 4) is 5.75 Å². The molecule has 0 aromatic heterocycles. The maximum atomic E-state index is 13.8. The summed E-state index contributed by atoms with van der Waals surface area (Å²) in [6.07, 6.45) is 12.0. The van der Waals surface area contributed by atoms with Gasteiger partial charge in [-0.25, -0.2) is 0 Å². The van der Waals surface area contributed by atoms with Gasteiger partial charge in [-0.15, -0.1) is 0 Å². The van der Waals surface area contributed by atoms with Crippen LogP contribution in [0, 0.1) is 0 Å². The van der Waals surface area contributed by atoms with E-state index in [1.807, 2.05) is 47.4 Å². The number of carbonyl (C=O) groups is 2. The predicted octanol–water partition coefficient (Wildman–Crippen LogP) is 5.77. The highest BCUT2D eigenvalue weighted by Gasteiger charge is 2.33. The Morgan fingerprint density at radius 3 is 1.84 bits per heavy atom. The zero-order valence-corrected chi connectivity index (χ0v) is 22.2. The number of anilines is 1. The number of nitrogens with zero attached hydrogens (tertiary/aromatic N) is 3. The lowest BCUT2D eigenvalue weighted by atomic mass is 9.88. The van der Waals surface area contributed by atoms with Gasteiger partial charge in [0.25, 0.3) is 11.8 Å². The minimum Gasteiger partial charge on any atom is -0.495 e. The van der Waals surface area contributed by atoms with Gasteiger partial charge in [0, 0.05) is 49.4 Å². The van der Waals surface area contributed by atoms with Crippen LogP contribution in [0.15, 0.2) is 48.5 Å². The van der Waals surface area contributed by atoms with Crippen LogP contribution in [0.1, 0.15) is 84.9 Å². The van der Waals surface area contributed by atoms with Gasteiger partial charge < -0.3 is 19.4 Å². The second-order valence-corrected chi connectivity index (χ2v) is 10.8. The van der Waals surface area contributed by atoms with Crippen molar-refractivity contribution in [3.05, 3.63) is 59.7 Å². The van der Waals surface area contributed by atoms with Gasteiger partial charge in [-0.3, -0.25) is 9.59 Å². The van der Waals surface area contributed by atoms with Gasteiger partial charge in [-0.05, 0) is 62.1 Å². The van der Waals surface area contributed by atoms with Crippen molar-refractivity contribution >= 4 is 17.5 Å². The quantitative estimate of drug-likeness (QED) is 0.503. The summed E-state index contributed by atoms with van der Waals surface area (Å²) in [5.74, 6) is 1.05. The van der Waals surface area contributed by atoms with Crippen LogP contribution in [-0.4, -0.2) is 67.0 Å². The first kappa shape index (κ1) is 25.6. The fraction of sp³-hybridized carbons (Fsp3) is 0.548. The second-order valence-electron chi connectivity index (χ2n) is 10.8. The Morgan fingerprint density at radius 1 is 0.730 bits per heavy atom. The van der Waals surface area contributed by atoms with Gasteiger partial charge in [0.15, 0.2) is 0 Å². The maximum Gasteiger partial charge on any atom is 0.254 e. The molecule has 5 rings (SSSR count). The van der Waals surface area contributed by atoms with E-state index < -0.39 is 0 Å². The van der Waals surface area contributed by atoms with Crippen LogP contribution < -0.4 is 9.64 Å². The molecule has 2 aromatic carbocycles. The molecule has 0 atom stereocenters. The number of piperazine rings is 1. The van der Waals surface area contributed by atoms with Gasteiger partial charge in [0.2, 0.25) is 0 Å². The SMILES string of the molecule is COc1ccccc1N1CCN(C(=O)c2ccc(C(=O)N(C3CCCCC3)C3CCCCC3)cc2)CC1. The number of carbonyl (C=O) groups excluding carboxylic acids is 2. The number of ether oxygens (including phenoxy) is 1. The number of amides is 2. The van der Waals surface area contributed by atoms with Crippen LogP contribution in [0.5, 0.6) is 5.75 Å². The fourth-order valence-corrected chi connectivity index (χ4v) is 6.48. The molecule has 37 heavy (non-hydrogen) atoms. The standard InChI is InChI=1S/C31H41N3O3/c1-37-29-15-9-8-14-28(29)32-20-22-33(23-21-32)30(35)24-16-18-25(19-17-24)31(36)34(26-10-4-2-5-11-26)27-12-6-3-7-13-27/h8-9,14-19,26-27H,2-7,10-13,20-23H2,1H3. The Bertz CT molecular complexity index is 1030. The highest BCUT2D eigenvalue weighted by molar-refractivity contribution is 5.98. The van der Waals surface area contributed by atoms with E-state index in [4.69, 9.17) is 4.74 Å². The van der Waals surface area contributed by atoms with Crippen LogP contribution in [-0.2, 0) is 0 Å². The summed E-state index contributed by atoms with van der Waals surface area (Å²) in [7, 11) is 1.69. The lowest BCUT2D eigenvalue weighted by Gasteiger charge is -2.42. The first-order valence-corrected chi connectivity index (χ1v) is 14.3. The third-order valence-electron chi connectivity index (χ3n) is 8.54. The number of rotatable bonds is 6. The Labute approximate surface area is 221 Å². The zero-order valence-electron chi connectivity index (χ0n) is 22.2. The molecule has 3 fully saturated rings. The lowest BCUT2D eigenvalue weighted by Crippen LogP contribution is -2.49. The number of methoxy groups -OCH3 is 1. The van der Waals surface area contributed by atoms with E-state index in [1.165, 1.54) is 38.5 Å².